The number of carbonyl (C=O) groups is 1. The monoisotopic (exact) mass is 296 g/mol. The molecule has 0 fully saturated rings. The Balaban J connectivity index is 2.13. The highest BCUT2D eigenvalue weighted by Gasteiger charge is 2.07. The van der Waals surface area contributed by atoms with Crippen LogP contribution in [0.15, 0.2) is 36.4 Å². The summed E-state index contributed by atoms with van der Waals surface area (Å²) in [7, 11) is 0. The van der Waals surface area contributed by atoms with E-state index in [4.69, 9.17) is 17.3 Å². The molecule has 1 amide bonds. The summed E-state index contributed by atoms with van der Waals surface area (Å²) in [5.74, 6) is -1.90. The maximum absolute atomic E-state index is 13.4. The molecule has 0 saturated heterocycles. The summed E-state index contributed by atoms with van der Waals surface area (Å²) in [4.78, 5) is 11.0. The second-order valence-electron chi connectivity index (χ2n) is 4.15. The van der Waals surface area contributed by atoms with Crippen LogP contribution in [0, 0.1) is 11.6 Å². The molecule has 104 valence electrons. The van der Waals surface area contributed by atoms with Gasteiger partial charge in [0, 0.05) is 23.2 Å². The van der Waals surface area contributed by atoms with Crippen molar-refractivity contribution in [2.75, 3.05) is 5.32 Å². The number of primary amides is 1. The standard InChI is InChI=1S/C14H11ClF2N2O/c15-11-5-8(14(18)20)1-2-9(11)7-19-13-4-3-10(16)6-12(13)17/h1-6,19H,7H2,(H2,18,20). The minimum absolute atomic E-state index is 0.168. The van der Waals surface area contributed by atoms with Crippen LogP contribution in [0.3, 0.4) is 0 Å². The number of halogens is 3. The minimum atomic E-state index is -0.685. The molecule has 3 N–H and O–H groups in total. The Hall–Kier alpha value is -2.14. The largest absolute Gasteiger partial charge is 0.379 e. The molecule has 0 bridgehead atoms. The molecule has 2 rings (SSSR count). The summed E-state index contributed by atoms with van der Waals surface area (Å²) in [5.41, 5.74) is 6.27. The summed E-state index contributed by atoms with van der Waals surface area (Å²) >= 11 is 6.00. The molecule has 2 aromatic rings. The quantitative estimate of drug-likeness (QED) is 0.909. The molecule has 3 nitrogen and oxygen atoms in total. The average Bonchev–Trinajstić information content (AvgIpc) is 2.38. The molecule has 0 unspecified atom stereocenters. The Bertz CT molecular complexity index is 662. The van der Waals surface area contributed by atoms with Gasteiger partial charge in [0.2, 0.25) is 5.91 Å². The first-order valence-corrected chi connectivity index (χ1v) is 6.12. The lowest BCUT2D eigenvalue weighted by atomic mass is 10.1. The van der Waals surface area contributed by atoms with E-state index in [2.05, 4.69) is 5.32 Å². The Morgan fingerprint density at radius 3 is 2.55 bits per heavy atom. The molecule has 20 heavy (non-hydrogen) atoms. The molecular weight excluding hydrogens is 286 g/mol. The van der Waals surface area contributed by atoms with Gasteiger partial charge in [-0.3, -0.25) is 4.79 Å². The third kappa shape index (κ3) is 3.24. The number of benzene rings is 2. The van der Waals surface area contributed by atoms with Crippen molar-refractivity contribution in [3.05, 3.63) is 64.2 Å². The van der Waals surface area contributed by atoms with Crippen LogP contribution < -0.4 is 11.1 Å². The summed E-state index contributed by atoms with van der Waals surface area (Å²) in [6.07, 6.45) is 0. The normalized spacial score (nSPS) is 10.3. The van der Waals surface area contributed by atoms with Crippen molar-refractivity contribution < 1.29 is 13.6 Å². The van der Waals surface area contributed by atoms with Gasteiger partial charge in [-0.2, -0.15) is 0 Å². The van der Waals surface area contributed by atoms with E-state index in [0.29, 0.717) is 16.1 Å². The molecule has 0 atom stereocenters. The summed E-state index contributed by atoms with van der Waals surface area (Å²) < 4.78 is 26.2. The van der Waals surface area contributed by atoms with E-state index in [1.54, 1.807) is 6.07 Å². The van der Waals surface area contributed by atoms with Gasteiger partial charge in [0.1, 0.15) is 11.6 Å². The SMILES string of the molecule is NC(=O)c1ccc(CNc2ccc(F)cc2F)c(Cl)c1. The summed E-state index contributed by atoms with van der Waals surface area (Å²) in [5, 5.41) is 3.15. The van der Waals surface area contributed by atoms with Gasteiger partial charge in [0.25, 0.3) is 0 Å². The van der Waals surface area contributed by atoms with Gasteiger partial charge in [0.15, 0.2) is 0 Å². The van der Waals surface area contributed by atoms with Crippen molar-refractivity contribution >= 4 is 23.2 Å². The van der Waals surface area contributed by atoms with Crippen LogP contribution in [0.25, 0.3) is 0 Å². The van der Waals surface area contributed by atoms with E-state index < -0.39 is 17.5 Å². The molecule has 2 aromatic carbocycles. The highest BCUT2D eigenvalue weighted by molar-refractivity contribution is 6.31. The van der Waals surface area contributed by atoms with Gasteiger partial charge in [-0.1, -0.05) is 17.7 Å². The molecule has 0 heterocycles. The van der Waals surface area contributed by atoms with Crippen LogP contribution in [0.1, 0.15) is 15.9 Å². The molecule has 0 aliphatic rings. The fraction of sp³-hybridized carbons (Fsp3) is 0.0714. The lowest BCUT2D eigenvalue weighted by Gasteiger charge is -2.09. The van der Waals surface area contributed by atoms with E-state index in [1.165, 1.54) is 18.2 Å². The van der Waals surface area contributed by atoms with E-state index in [1.807, 2.05) is 0 Å². The Morgan fingerprint density at radius 2 is 1.95 bits per heavy atom. The molecule has 0 aliphatic heterocycles. The maximum Gasteiger partial charge on any atom is 0.248 e. The summed E-state index contributed by atoms with van der Waals surface area (Å²) in [6, 6.07) is 7.85. The van der Waals surface area contributed by atoms with Crippen molar-refractivity contribution in [2.24, 2.45) is 5.73 Å². The van der Waals surface area contributed by atoms with Gasteiger partial charge >= 0.3 is 0 Å². The van der Waals surface area contributed by atoms with Crippen molar-refractivity contribution in [3.8, 4) is 0 Å². The van der Waals surface area contributed by atoms with Crippen molar-refractivity contribution in [1.29, 1.82) is 0 Å². The number of anilines is 1. The number of rotatable bonds is 4. The Kier molecular flexibility index (Phi) is 4.20. The first-order valence-electron chi connectivity index (χ1n) is 5.74. The van der Waals surface area contributed by atoms with E-state index >= 15 is 0 Å². The lowest BCUT2D eigenvalue weighted by molar-refractivity contribution is 0.100. The van der Waals surface area contributed by atoms with Crippen LogP contribution in [-0.4, -0.2) is 5.91 Å². The minimum Gasteiger partial charge on any atom is -0.379 e. The van der Waals surface area contributed by atoms with Gasteiger partial charge < -0.3 is 11.1 Å². The zero-order valence-corrected chi connectivity index (χ0v) is 11.0. The molecule has 0 spiro atoms. The number of nitrogens with two attached hydrogens (primary N) is 1. The first-order chi connectivity index (χ1) is 9.47. The van der Waals surface area contributed by atoms with Gasteiger partial charge in [-0.15, -0.1) is 0 Å². The van der Waals surface area contributed by atoms with Crippen molar-refractivity contribution in [1.82, 2.24) is 0 Å². The number of hydrogen-bond acceptors (Lipinski definition) is 2. The fourth-order valence-corrected chi connectivity index (χ4v) is 1.91. The predicted molar refractivity (Wildman–Crippen MR) is 73.7 cm³/mol. The maximum atomic E-state index is 13.4. The molecule has 0 aliphatic carbocycles. The topological polar surface area (TPSA) is 55.1 Å². The Labute approximate surface area is 119 Å². The number of nitrogens with one attached hydrogen (secondary N) is 1. The zero-order valence-electron chi connectivity index (χ0n) is 10.3. The predicted octanol–water partition coefficient (Wildman–Crippen LogP) is 3.33. The molecule has 0 saturated carbocycles. The average molecular weight is 297 g/mol. The third-order valence-corrected chi connectivity index (χ3v) is 3.09. The molecular formula is C14H11ClF2N2O. The number of carbonyl (C=O) groups excluding carboxylic acids is 1. The van der Waals surface area contributed by atoms with Crippen LogP contribution in [0.4, 0.5) is 14.5 Å². The van der Waals surface area contributed by atoms with Crippen molar-refractivity contribution in [3.63, 3.8) is 0 Å². The van der Waals surface area contributed by atoms with E-state index in [9.17, 15) is 13.6 Å². The zero-order chi connectivity index (χ0) is 14.7. The fourth-order valence-electron chi connectivity index (χ4n) is 1.67. The molecule has 0 radical (unpaired) electrons. The van der Waals surface area contributed by atoms with E-state index in [0.717, 1.165) is 12.1 Å². The smallest absolute Gasteiger partial charge is 0.248 e. The van der Waals surface area contributed by atoms with Crippen molar-refractivity contribution in [2.45, 2.75) is 6.54 Å². The van der Waals surface area contributed by atoms with Crippen LogP contribution in [-0.2, 0) is 6.54 Å². The molecule has 0 aromatic heterocycles. The summed E-state index contributed by atoms with van der Waals surface area (Å²) in [6.45, 7) is 0.237. The second-order valence-corrected chi connectivity index (χ2v) is 4.56. The van der Waals surface area contributed by atoms with Crippen LogP contribution in [0.2, 0.25) is 5.02 Å². The van der Waals surface area contributed by atoms with Crippen LogP contribution in [0.5, 0.6) is 0 Å². The van der Waals surface area contributed by atoms with Gasteiger partial charge in [-0.25, -0.2) is 8.78 Å². The van der Waals surface area contributed by atoms with Gasteiger partial charge in [0.05, 0.1) is 5.69 Å². The second kappa shape index (κ2) is 5.88. The number of hydrogen-bond donors (Lipinski definition) is 2. The highest BCUT2D eigenvalue weighted by Crippen LogP contribution is 2.21. The lowest BCUT2D eigenvalue weighted by Crippen LogP contribution is -2.11. The number of amides is 1. The third-order valence-electron chi connectivity index (χ3n) is 2.74. The highest BCUT2D eigenvalue weighted by atomic mass is 35.5. The van der Waals surface area contributed by atoms with E-state index in [-0.39, 0.29) is 12.2 Å². The Morgan fingerprint density at radius 1 is 1.20 bits per heavy atom. The first kappa shape index (κ1) is 14.3. The van der Waals surface area contributed by atoms with Gasteiger partial charge in [-0.05, 0) is 29.8 Å². The van der Waals surface area contributed by atoms with Crippen LogP contribution >= 0.6 is 11.6 Å². The molecule has 6 heteroatoms.